The Morgan fingerprint density at radius 2 is 1.96 bits per heavy atom. The smallest absolute Gasteiger partial charge is 0.406 e. The summed E-state index contributed by atoms with van der Waals surface area (Å²) in [6, 6.07) is 2.98. The van der Waals surface area contributed by atoms with Crippen LogP contribution in [0.15, 0.2) is 18.2 Å². The topological polar surface area (TPSA) is 80.3 Å². The normalized spacial score (nSPS) is 12.9. The predicted molar refractivity (Wildman–Crippen MR) is 87.4 cm³/mol. The van der Waals surface area contributed by atoms with E-state index in [0.29, 0.717) is 10.2 Å². The lowest BCUT2D eigenvalue weighted by Crippen LogP contribution is -2.46. The molecular formula is C15H16F3N3O3S. The maximum Gasteiger partial charge on any atom is 0.573 e. The molecule has 0 radical (unpaired) electrons. The van der Waals surface area contributed by atoms with E-state index >= 15 is 0 Å². The van der Waals surface area contributed by atoms with Gasteiger partial charge in [0, 0.05) is 13.0 Å². The van der Waals surface area contributed by atoms with Crippen LogP contribution >= 0.6 is 11.3 Å². The molecule has 0 spiro atoms. The van der Waals surface area contributed by atoms with Gasteiger partial charge in [-0.2, -0.15) is 0 Å². The molecule has 136 valence electrons. The molecule has 2 aromatic rings. The lowest BCUT2D eigenvalue weighted by Gasteiger charge is -2.19. The van der Waals surface area contributed by atoms with Gasteiger partial charge in [-0.05, 0) is 18.1 Å². The number of aromatic nitrogens is 1. The molecular weight excluding hydrogens is 359 g/mol. The fourth-order valence-corrected chi connectivity index (χ4v) is 2.99. The zero-order valence-corrected chi connectivity index (χ0v) is 14.4. The number of alkyl halides is 3. The number of thiazole rings is 1. The largest absolute Gasteiger partial charge is 0.573 e. The van der Waals surface area contributed by atoms with E-state index in [1.54, 1.807) is 13.8 Å². The molecule has 0 saturated carbocycles. The van der Waals surface area contributed by atoms with E-state index in [2.05, 4.69) is 20.4 Å². The van der Waals surface area contributed by atoms with Crippen LogP contribution in [0.1, 0.15) is 20.8 Å². The van der Waals surface area contributed by atoms with Gasteiger partial charge in [-0.3, -0.25) is 9.59 Å². The molecule has 10 heteroatoms. The first-order valence-electron chi connectivity index (χ1n) is 7.29. The molecule has 0 aliphatic heterocycles. The first kappa shape index (κ1) is 19.0. The average Bonchev–Trinajstić information content (AvgIpc) is 2.83. The monoisotopic (exact) mass is 375 g/mol. The van der Waals surface area contributed by atoms with Gasteiger partial charge in [0.15, 0.2) is 5.13 Å². The third-order valence-electron chi connectivity index (χ3n) is 3.13. The molecule has 2 rings (SSSR count). The van der Waals surface area contributed by atoms with Crippen molar-refractivity contribution < 1.29 is 27.5 Å². The number of benzene rings is 1. The lowest BCUT2D eigenvalue weighted by atomic mass is 10.0. The fourth-order valence-electron chi connectivity index (χ4n) is 2.09. The Bertz CT molecular complexity index is 789. The average molecular weight is 375 g/mol. The second-order valence-electron chi connectivity index (χ2n) is 5.61. The molecule has 1 heterocycles. The molecule has 1 atom stereocenters. The number of hydrogen-bond donors (Lipinski definition) is 2. The molecule has 1 aromatic heterocycles. The van der Waals surface area contributed by atoms with Gasteiger partial charge >= 0.3 is 6.36 Å². The van der Waals surface area contributed by atoms with E-state index in [-0.39, 0.29) is 22.7 Å². The van der Waals surface area contributed by atoms with Crippen LogP contribution in [0.5, 0.6) is 5.75 Å². The van der Waals surface area contributed by atoms with Gasteiger partial charge in [-0.15, -0.1) is 13.2 Å². The molecule has 0 unspecified atom stereocenters. The number of fused-ring (bicyclic) bond motifs is 1. The highest BCUT2D eigenvalue weighted by molar-refractivity contribution is 7.22. The summed E-state index contributed by atoms with van der Waals surface area (Å²) in [5.41, 5.74) is 0.426. The summed E-state index contributed by atoms with van der Waals surface area (Å²) in [4.78, 5) is 27.6. The van der Waals surface area contributed by atoms with E-state index in [4.69, 9.17) is 0 Å². The van der Waals surface area contributed by atoms with Crippen molar-refractivity contribution in [1.82, 2.24) is 10.3 Å². The van der Waals surface area contributed by atoms with Crippen molar-refractivity contribution in [2.75, 3.05) is 5.32 Å². The summed E-state index contributed by atoms with van der Waals surface area (Å²) in [5.74, 6) is -1.30. The number of carbonyl (C=O) groups is 2. The van der Waals surface area contributed by atoms with E-state index in [1.165, 1.54) is 19.1 Å². The van der Waals surface area contributed by atoms with Gasteiger partial charge in [-0.1, -0.05) is 25.2 Å². The van der Waals surface area contributed by atoms with Crippen molar-refractivity contribution >= 4 is 38.5 Å². The number of nitrogens with one attached hydrogen (secondary N) is 2. The number of halogens is 3. The van der Waals surface area contributed by atoms with Crippen molar-refractivity contribution in [3.05, 3.63) is 18.2 Å². The predicted octanol–water partition coefficient (Wildman–Crippen LogP) is 3.29. The van der Waals surface area contributed by atoms with Crippen molar-refractivity contribution in [3.8, 4) is 5.75 Å². The molecule has 1 aromatic carbocycles. The lowest BCUT2D eigenvalue weighted by molar-refractivity contribution is -0.274. The molecule has 0 saturated heterocycles. The van der Waals surface area contributed by atoms with Crippen molar-refractivity contribution in [2.24, 2.45) is 5.92 Å². The standard InChI is InChI=1S/C15H16F3N3O3S/c1-7(2)12(19-8(3)22)13(23)21-14-20-10-5-4-9(6-11(10)25-14)24-15(16,17)18/h4-7,12H,1-3H3,(H,19,22)(H,20,21,23)/t12-/m0/s1. The first-order chi connectivity index (χ1) is 11.5. The summed E-state index contributed by atoms with van der Waals surface area (Å²) in [5, 5.41) is 5.35. The number of nitrogens with zero attached hydrogens (tertiary/aromatic N) is 1. The van der Waals surface area contributed by atoms with Gasteiger partial charge in [0.2, 0.25) is 11.8 Å². The highest BCUT2D eigenvalue weighted by atomic mass is 32.1. The van der Waals surface area contributed by atoms with Gasteiger partial charge in [0.05, 0.1) is 10.2 Å². The number of hydrogen-bond acceptors (Lipinski definition) is 5. The second-order valence-corrected chi connectivity index (χ2v) is 6.64. The quantitative estimate of drug-likeness (QED) is 0.840. The van der Waals surface area contributed by atoms with Crippen molar-refractivity contribution in [3.63, 3.8) is 0 Å². The van der Waals surface area contributed by atoms with E-state index in [1.807, 2.05) is 0 Å². The third-order valence-corrected chi connectivity index (χ3v) is 4.07. The minimum atomic E-state index is -4.78. The highest BCUT2D eigenvalue weighted by Crippen LogP contribution is 2.31. The SMILES string of the molecule is CC(=O)N[C@H](C(=O)Nc1nc2ccc(OC(F)(F)F)cc2s1)C(C)C. The Labute approximate surface area is 145 Å². The van der Waals surface area contributed by atoms with E-state index in [0.717, 1.165) is 17.4 Å². The Balaban J connectivity index is 2.18. The van der Waals surface area contributed by atoms with Gasteiger partial charge in [0.1, 0.15) is 11.8 Å². The fraction of sp³-hybridized carbons (Fsp3) is 0.400. The minimum absolute atomic E-state index is 0.148. The summed E-state index contributed by atoms with van der Waals surface area (Å²) in [6.07, 6.45) is -4.78. The maximum absolute atomic E-state index is 12.3. The summed E-state index contributed by atoms with van der Waals surface area (Å²) < 4.78 is 41.1. The van der Waals surface area contributed by atoms with Crippen LogP contribution in [0.2, 0.25) is 0 Å². The van der Waals surface area contributed by atoms with Gasteiger partial charge < -0.3 is 15.4 Å². The van der Waals surface area contributed by atoms with Crippen molar-refractivity contribution in [2.45, 2.75) is 33.2 Å². The van der Waals surface area contributed by atoms with E-state index < -0.39 is 18.3 Å². The van der Waals surface area contributed by atoms with Crippen LogP contribution in [0.4, 0.5) is 18.3 Å². The maximum atomic E-state index is 12.3. The number of ether oxygens (including phenoxy) is 1. The molecule has 6 nitrogen and oxygen atoms in total. The van der Waals surface area contributed by atoms with Gasteiger partial charge in [-0.25, -0.2) is 4.98 Å². The zero-order chi connectivity index (χ0) is 18.8. The molecule has 0 aliphatic rings. The van der Waals surface area contributed by atoms with Crippen LogP contribution in [-0.4, -0.2) is 29.2 Å². The highest BCUT2D eigenvalue weighted by Gasteiger charge is 2.31. The molecule has 0 aliphatic carbocycles. The van der Waals surface area contributed by atoms with Crippen molar-refractivity contribution in [1.29, 1.82) is 0 Å². The summed E-state index contributed by atoms with van der Waals surface area (Å²) >= 11 is 1.01. The van der Waals surface area contributed by atoms with Crippen LogP contribution < -0.4 is 15.4 Å². The van der Waals surface area contributed by atoms with Crippen LogP contribution in [-0.2, 0) is 9.59 Å². The Morgan fingerprint density at radius 1 is 1.28 bits per heavy atom. The third kappa shape index (κ3) is 5.31. The molecule has 2 amide bonds. The summed E-state index contributed by atoms with van der Waals surface area (Å²) in [7, 11) is 0. The molecule has 0 fully saturated rings. The number of amides is 2. The molecule has 2 N–H and O–H groups in total. The number of carbonyl (C=O) groups excluding carboxylic acids is 2. The van der Waals surface area contributed by atoms with Crippen LogP contribution in [0, 0.1) is 5.92 Å². The molecule has 25 heavy (non-hydrogen) atoms. The minimum Gasteiger partial charge on any atom is -0.406 e. The van der Waals surface area contributed by atoms with Crippen LogP contribution in [0.25, 0.3) is 10.2 Å². The van der Waals surface area contributed by atoms with Crippen LogP contribution in [0.3, 0.4) is 0 Å². The second kappa shape index (κ2) is 7.26. The Kier molecular flexibility index (Phi) is 5.51. The Morgan fingerprint density at radius 3 is 2.52 bits per heavy atom. The first-order valence-corrected chi connectivity index (χ1v) is 8.11. The number of rotatable bonds is 5. The van der Waals surface area contributed by atoms with Gasteiger partial charge in [0.25, 0.3) is 0 Å². The zero-order valence-electron chi connectivity index (χ0n) is 13.6. The Hall–Kier alpha value is -2.36. The number of anilines is 1. The van der Waals surface area contributed by atoms with E-state index in [9.17, 15) is 22.8 Å². The summed E-state index contributed by atoms with van der Waals surface area (Å²) in [6.45, 7) is 4.86. The molecule has 0 bridgehead atoms.